The van der Waals surface area contributed by atoms with E-state index in [0.717, 1.165) is 0 Å². The second-order valence-corrected chi connectivity index (χ2v) is 5.55. The maximum atomic E-state index is 13.1. The molecule has 0 saturated carbocycles. The van der Waals surface area contributed by atoms with Crippen molar-refractivity contribution in [1.29, 1.82) is 0 Å². The van der Waals surface area contributed by atoms with Crippen molar-refractivity contribution < 1.29 is 50.5 Å². The topological polar surface area (TPSA) is 98.7 Å². The predicted octanol–water partition coefficient (Wildman–Crippen LogP) is 3.92. The number of carbonyl (C=O) groups is 2. The molecule has 0 fully saturated rings. The number of carboxylic acid groups (broad SMARTS) is 2. The molecule has 0 rings (SSSR count). The number of rotatable bonds is 11. The highest BCUT2D eigenvalue weighted by atomic mass is 19.4. The van der Waals surface area contributed by atoms with Crippen molar-refractivity contribution >= 4 is 12.2 Å². The Kier molecular flexibility index (Phi) is 9.49. The molecule has 0 aliphatic rings. The molecule has 0 aromatic rings. The molecule has 0 aromatic heterocycles. The molecule has 6 nitrogen and oxygen atoms in total. The third-order valence-electron chi connectivity index (χ3n) is 3.49. The van der Waals surface area contributed by atoms with Gasteiger partial charge in [0.05, 0.1) is 5.92 Å². The van der Waals surface area contributed by atoms with Crippen molar-refractivity contribution in [2.24, 2.45) is 5.92 Å². The van der Waals surface area contributed by atoms with Gasteiger partial charge in [-0.25, -0.2) is 27.2 Å². The zero-order valence-corrected chi connectivity index (χ0v) is 13.3. The zero-order chi connectivity index (χ0) is 20.5. The summed E-state index contributed by atoms with van der Waals surface area (Å²) in [4.78, 5) is 20.9. The first-order chi connectivity index (χ1) is 11.8. The summed E-state index contributed by atoms with van der Waals surface area (Å²) < 4.78 is 89.8. The normalized spacial score (nSPS) is 14.8. The van der Waals surface area contributed by atoms with Crippen LogP contribution in [-0.4, -0.2) is 53.5 Å². The molecule has 0 aromatic carbocycles. The second-order valence-electron chi connectivity index (χ2n) is 5.55. The van der Waals surface area contributed by atoms with Gasteiger partial charge in [0, 0.05) is 19.0 Å². The summed E-state index contributed by atoms with van der Waals surface area (Å²) >= 11 is 0. The van der Waals surface area contributed by atoms with Gasteiger partial charge in [0.15, 0.2) is 0 Å². The van der Waals surface area contributed by atoms with Gasteiger partial charge in [0.25, 0.3) is 0 Å². The summed E-state index contributed by atoms with van der Waals surface area (Å²) in [7, 11) is 0. The van der Waals surface area contributed by atoms with Crippen LogP contribution in [0.3, 0.4) is 0 Å². The Morgan fingerprint density at radius 1 is 0.923 bits per heavy atom. The van der Waals surface area contributed by atoms with E-state index in [4.69, 9.17) is 10.2 Å². The van der Waals surface area contributed by atoms with E-state index < -0.39 is 55.5 Å². The van der Waals surface area contributed by atoms with E-state index in [0.29, 0.717) is 0 Å². The van der Waals surface area contributed by atoms with E-state index in [9.17, 15) is 40.3 Å². The molecule has 13 heteroatoms. The first-order valence-corrected chi connectivity index (χ1v) is 7.46. The summed E-state index contributed by atoms with van der Waals surface area (Å²) in [6, 6.07) is -2.04. The highest BCUT2D eigenvalue weighted by Gasteiger charge is 2.53. The molecule has 0 aliphatic heterocycles. The number of unbranched alkanes of at least 4 members (excludes halogenated alkanes) is 2. The lowest BCUT2D eigenvalue weighted by Gasteiger charge is -2.31. The molecule has 154 valence electrons. The summed E-state index contributed by atoms with van der Waals surface area (Å²) in [6.07, 6.45) is -15.3. The molecule has 4 N–H and O–H groups in total. The maximum Gasteiger partial charge on any atom is 0.404 e. The Labute approximate surface area is 143 Å². The lowest BCUT2D eigenvalue weighted by molar-refractivity contribution is -0.219. The lowest BCUT2D eigenvalue weighted by Crippen LogP contribution is -2.48. The van der Waals surface area contributed by atoms with Crippen molar-refractivity contribution in [1.82, 2.24) is 10.6 Å². The van der Waals surface area contributed by atoms with Gasteiger partial charge in [0.1, 0.15) is 0 Å². The van der Waals surface area contributed by atoms with E-state index in [1.165, 1.54) is 5.32 Å². The molecule has 0 aliphatic carbocycles. The smallest absolute Gasteiger partial charge is 0.404 e. The fraction of sp³-hybridized carbons (Fsp3) is 0.846. The average molecular weight is 400 g/mol. The number of amides is 2. The van der Waals surface area contributed by atoms with Gasteiger partial charge in [-0.15, -0.1) is 0 Å². The van der Waals surface area contributed by atoms with Crippen molar-refractivity contribution in [3.63, 3.8) is 0 Å². The Hall–Kier alpha value is -1.95. The molecule has 2 atom stereocenters. The van der Waals surface area contributed by atoms with Gasteiger partial charge < -0.3 is 20.8 Å². The minimum atomic E-state index is -5.32. The van der Waals surface area contributed by atoms with Crippen LogP contribution in [0.25, 0.3) is 0 Å². The van der Waals surface area contributed by atoms with Gasteiger partial charge >= 0.3 is 30.7 Å². The first-order valence-electron chi connectivity index (χ1n) is 7.46. The van der Waals surface area contributed by atoms with E-state index in [2.05, 4.69) is 0 Å². The molecule has 2 unspecified atom stereocenters. The molecule has 0 spiro atoms. The van der Waals surface area contributed by atoms with Gasteiger partial charge in [-0.3, -0.25) is 0 Å². The molecular weight excluding hydrogens is 381 g/mol. The highest BCUT2D eigenvalue weighted by Crippen LogP contribution is 2.40. The van der Waals surface area contributed by atoms with Crippen LogP contribution in [-0.2, 0) is 0 Å². The lowest BCUT2D eigenvalue weighted by atomic mass is 9.88. The zero-order valence-electron chi connectivity index (χ0n) is 13.3. The number of hydrogen-bond acceptors (Lipinski definition) is 2. The Balaban J connectivity index is 4.98. The van der Waals surface area contributed by atoms with Crippen LogP contribution in [0.1, 0.15) is 32.1 Å². The van der Waals surface area contributed by atoms with E-state index in [-0.39, 0.29) is 25.8 Å². The third kappa shape index (κ3) is 9.51. The summed E-state index contributed by atoms with van der Waals surface area (Å²) in [6.45, 7) is -0.00148. The van der Waals surface area contributed by atoms with Crippen LogP contribution < -0.4 is 10.6 Å². The standard InChI is InChI=1S/C13H19F7N2O4/c14-9(15)12(16,17)6-7(13(18,19)20)8(22-11(25)26)4-2-1-3-5-21-10(23)24/h7-9,21-22H,1-6H2,(H,23,24)(H,25,26). The van der Waals surface area contributed by atoms with Gasteiger partial charge in [-0.2, -0.15) is 13.2 Å². The van der Waals surface area contributed by atoms with Crippen LogP contribution >= 0.6 is 0 Å². The van der Waals surface area contributed by atoms with Crippen LogP contribution in [0.2, 0.25) is 0 Å². The molecular formula is C13H19F7N2O4. The average Bonchev–Trinajstić information content (AvgIpc) is 2.45. The number of alkyl halides is 7. The number of halogens is 7. The van der Waals surface area contributed by atoms with Crippen molar-refractivity contribution in [3.05, 3.63) is 0 Å². The summed E-state index contributed by atoms with van der Waals surface area (Å²) in [5.74, 6) is -7.93. The quantitative estimate of drug-likeness (QED) is 0.312. The largest absolute Gasteiger partial charge is 0.465 e. The van der Waals surface area contributed by atoms with Crippen LogP contribution in [0.5, 0.6) is 0 Å². The van der Waals surface area contributed by atoms with Crippen molar-refractivity contribution in [2.75, 3.05) is 6.54 Å². The Morgan fingerprint density at radius 2 is 1.50 bits per heavy atom. The molecule has 0 heterocycles. The summed E-state index contributed by atoms with van der Waals surface area (Å²) in [5, 5.41) is 20.4. The SMILES string of the molecule is O=C(O)NCCCCCC(NC(=O)O)C(CC(F)(F)C(F)F)C(F)(F)F. The Morgan fingerprint density at radius 3 is 1.92 bits per heavy atom. The van der Waals surface area contributed by atoms with Crippen LogP contribution in [0.4, 0.5) is 40.3 Å². The maximum absolute atomic E-state index is 13.1. The number of hydrogen-bond donors (Lipinski definition) is 4. The van der Waals surface area contributed by atoms with Crippen molar-refractivity contribution in [2.45, 2.75) is 56.7 Å². The molecule has 0 saturated heterocycles. The second kappa shape index (κ2) is 10.3. The van der Waals surface area contributed by atoms with Gasteiger partial charge in [-0.1, -0.05) is 12.8 Å². The highest BCUT2D eigenvalue weighted by molar-refractivity contribution is 5.65. The molecule has 0 radical (unpaired) electrons. The first kappa shape index (κ1) is 24.1. The van der Waals surface area contributed by atoms with E-state index in [1.807, 2.05) is 5.32 Å². The minimum absolute atomic E-state index is 0.00148. The molecule has 0 bridgehead atoms. The van der Waals surface area contributed by atoms with Gasteiger partial charge in [0.2, 0.25) is 0 Å². The third-order valence-corrected chi connectivity index (χ3v) is 3.49. The fourth-order valence-electron chi connectivity index (χ4n) is 2.26. The minimum Gasteiger partial charge on any atom is -0.465 e. The molecule has 26 heavy (non-hydrogen) atoms. The van der Waals surface area contributed by atoms with E-state index >= 15 is 0 Å². The van der Waals surface area contributed by atoms with Crippen molar-refractivity contribution in [3.8, 4) is 0 Å². The predicted molar refractivity (Wildman–Crippen MR) is 74.6 cm³/mol. The summed E-state index contributed by atoms with van der Waals surface area (Å²) in [5.41, 5.74) is 0. The monoisotopic (exact) mass is 400 g/mol. The van der Waals surface area contributed by atoms with Gasteiger partial charge in [-0.05, 0) is 12.8 Å². The van der Waals surface area contributed by atoms with Crippen LogP contribution in [0.15, 0.2) is 0 Å². The number of nitrogens with one attached hydrogen (secondary N) is 2. The van der Waals surface area contributed by atoms with E-state index in [1.54, 1.807) is 0 Å². The fourth-order valence-corrected chi connectivity index (χ4v) is 2.26. The Bertz CT molecular complexity index is 460. The van der Waals surface area contributed by atoms with Crippen LogP contribution in [0, 0.1) is 5.92 Å². The molecule has 2 amide bonds.